The van der Waals surface area contributed by atoms with Crippen molar-refractivity contribution in [2.75, 3.05) is 44.7 Å². The van der Waals surface area contributed by atoms with Gasteiger partial charge >= 0.3 is 6.03 Å². The van der Waals surface area contributed by atoms with Crippen molar-refractivity contribution >= 4 is 27.6 Å². The fourth-order valence-electron chi connectivity index (χ4n) is 2.06. The molecule has 1 aliphatic heterocycles. The highest BCUT2D eigenvalue weighted by atomic mass is 79.9. The minimum Gasteiger partial charge on any atom is -0.379 e. The predicted molar refractivity (Wildman–Crippen MR) is 83.0 cm³/mol. The van der Waals surface area contributed by atoms with Crippen LogP contribution in [-0.4, -0.2) is 50.3 Å². The Morgan fingerprint density at radius 3 is 2.80 bits per heavy atom. The van der Waals surface area contributed by atoms with Gasteiger partial charge in [-0.15, -0.1) is 0 Å². The second kappa shape index (κ2) is 8.24. The SMILES string of the molecule is O=C(NCCCN1CCOCC1)Nc1ccccc1Br. The fraction of sp³-hybridized carbons (Fsp3) is 0.500. The summed E-state index contributed by atoms with van der Waals surface area (Å²) in [6.07, 6.45) is 0.948. The molecule has 0 atom stereocenters. The number of nitrogens with one attached hydrogen (secondary N) is 2. The zero-order valence-corrected chi connectivity index (χ0v) is 13.0. The molecule has 0 saturated carbocycles. The maximum absolute atomic E-state index is 11.7. The van der Waals surface area contributed by atoms with E-state index in [0.717, 1.165) is 49.4 Å². The zero-order valence-electron chi connectivity index (χ0n) is 11.4. The van der Waals surface area contributed by atoms with Crippen LogP contribution in [0, 0.1) is 0 Å². The zero-order chi connectivity index (χ0) is 14.2. The topological polar surface area (TPSA) is 53.6 Å². The number of hydrogen-bond acceptors (Lipinski definition) is 3. The van der Waals surface area contributed by atoms with Crippen LogP contribution < -0.4 is 10.6 Å². The number of morpholine rings is 1. The normalized spacial score (nSPS) is 15.8. The monoisotopic (exact) mass is 341 g/mol. The van der Waals surface area contributed by atoms with Gasteiger partial charge in [-0.1, -0.05) is 12.1 Å². The molecule has 1 fully saturated rings. The van der Waals surface area contributed by atoms with E-state index in [1.807, 2.05) is 24.3 Å². The number of halogens is 1. The van der Waals surface area contributed by atoms with Crippen LogP contribution in [0.3, 0.4) is 0 Å². The molecule has 6 heteroatoms. The molecule has 1 aliphatic rings. The van der Waals surface area contributed by atoms with Crippen molar-refractivity contribution in [1.82, 2.24) is 10.2 Å². The number of rotatable bonds is 5. The summed E-state index contributed by atoms with van der Waals surface area (Å²) in [5, 5.41) is 5.69. The third kappa shape index (κ3) is 5.11. The van der Waals surface area contributed by atoms with E-state index in [1.54, 1.807) is 0 Å². The smallest absolute Gasteiger partial charge is 0.319 e. The molecule has 1 heterocycles. The molecule has 0 aromatic heterocycles. The van der Waals surface area contributed by atoms with E-state index < -0.39 is 0 Å². The van der Waals surface area contributed by atoms with Gasteiger partial charge in [-0.3, -0.25) is 4.90 Å². The van der Waals surface area contributed by atoms with Gasteiger partial charge in [-0.25, -0.2) is 4.79 Å². The molecule has 1 aromatic carbocycles. The number of carbonyl (C=O) groups is 1. The van der Waals surface area contributed by atoms with Crippen LogP contribution in [0.4, 0.5) is 10.5 Å². The summed E-state index contributed by atoms with van der Waals surface area (Å²) in [5.74, 6) is 0. The van der Waals surface area contributed by atoms with E-state index >= 15 is 0 Å². The molecule has 2 amide bonds. The largest absolute Gasteiger partial charge is 0.379 e. The minimum absolute atomic E-state index is 0.168. The Balaban J connectivity index is 1.61. The van der Waals surface area contributed by atoms with Crippen LogP contribution in [0.25, 0.3) is 0 Å². The Morgan fingerprint density at radius 2 is 2.05 bits per heavy atom. The summed E-state index contributed by atoms with van der Waals surface area (Å²) in [6.45, 7) is 5.28. The number of hydrogen-bond donors (Lipinski definition) is 2. The second-order valence-electron chi connectivity index (χ2n) is 4.67. The molecule has 0 bridgehead atoms. The second-order valence-corrected chi connectivity index (χ2v) is 5.52. The molecule has 20 heavy (non-hydrogen) atoms. The van der Waals surface area contributed by atoms with Gasteiger partial charge in [0.05, 0.1) is 18.9 Å². The van der Waals surface area contributed by atoms with E-state index in [9.17, 15) is 4.79 Å². The molecule has 1 aromatic rings. The van der Waals surface area contributed by atoms with Crippen LogP contribution in [0.5, 0.6) is 0 Å². The quantitative estimate of drug-likeness (QED) is 0.808. The van der Waals surface area contributed by atoms with Crippen LogP contribution in [0.15, 0.2) is 28.7 Å². The summed E-state index contributed by atoms with van der Waals surface area (Å²) < 4.78 is 6.17. The number of urea groups is 1. The molecule has 0 spiro atoms. The van der Waals surface area contributed by atoms with E-state index in [0.29, 0.717) is 6.54 Å². The van der Waals surface area contributed by atoms with Gasteiger partial charge in [0.15, 0.2) is 0 Å². The third-order valence-electron chi connectivity index (χ3n) is 3.16. The Morgan fingerprint density at radius 1 is 1.30 bits per heavy atom. The van der Waals surface area contributed by atoms with E-state index in [1.165, 1.54) is 0 Å². The van der Waals surface area contributed by atoms with Gasteiger partial charge in [0.25, 0.3) is 0 Å². The number of carbonyl (C=O) groups excluding carboxylic acids is 1. The van der Waals surface area contributed by atoms with Crippen molar-refractivity contribution in [1.29, 1.82) is 0 Å². The van der Waals surface area contributed by atoms with Crippen molar-refractivity contribution in [3.8, 4) is 0 Å². The summed E-state index contributed by atoms with van der Waals surface area (Å²) in [5.41, 5.74) is 0.776. The van der Waals surface area contributed by atoms with Crippen LogP contribution in [-0.2, 0) is 4.74 Å². The number of amides is 2. The van der Waals surface area contributed by atoms with Gasteiger partial charge in [-0.2, -0.15) is 0 Å². The number of anilines is 1. The molecule has 110 valence electrons. The van der Waals surface area contributed by atoms with Crippen molar-refractivity contribution < 1.29 is 9.53 Å². The van der Waals surface area contributed by atoms with Crippen molar-refractivity contribution in [2.24, 2.45) is 0 Å². The third-order valence-corrected chi connectivity index (χ3v) is 3.85. The number of ether oxygens (including phenoxy) is 1. The molecular weight excluding hydrogens is 322 g/mol. The van der Waals surface area contributed by atoms with Crippen molar-refractivity contribution in [2.45, 2.75) is 6.42 Å². The highest BCUT2D eigenvalue weighted by molar-refractivity contribution is 9.10. The molecule has 2 N–H and O–H groups in total. The first-order valence-corrected chi connectivity index (χ1v) is 7.64. The summed E-state index contributed by atoms with van der Waals surface area (Å²) in [6, 6.07) is 7.39. The van der Waals surface area contributed by atoms with Crippen molar-refractivity contribution in [3.05, 3.63) is 28.7 Å². The summed E-state index contributed by atoms with van der Waals surface area (Å²) in [7, 11) is 0. The lowest BCUT2D eigenvalue weighted by atomic mass is 10.3. The lowest BCUT2D eigenvalue weighted by Crippen LogP contribution is -2.38. The Bertz CT molecular complexity index is 436. The first-order chi connectivity index (χ1) is 9.75. The van der Waals surface area contributed by atoms with Crippen LogP contribution in [0.2, 0.25) is 0 Å². The number of nitrogens with zero attached hydrogens (tertiary/aromatic N) is 1. The first kappa shape index (κ1) is 15.3. The Hall–Kier alpha value is -1.11. The van der Waals surface area contributed by atoms with Gasteiger partial charge in [-0.05, 0) is 41.0 Å². The molecule has 0 radical (unpaired) electrons. The highest BCUT2D eigenvalue weighted by Crippen LogP contribution is 2.20. The lowest BCUT2D eigenvalue weighted by molar-refractivity contribution is 0.0375. The first-order valence-electron chi connectivity index (χ1n) is 6.85. The maximum Gasteiger partial charge on any atom is 0.319 e. The lowest BCUT2D eigenvalue weighted by Gasteiger charge is -2.26. The average Bonchev–Trinajstić information content (AvgIpc) is 2.47. The summed E-state index contributed by atoms with van der Waals surface area (Å²) >= 11 is 3.40. The number of para-hydroxylation sites is 1. The molecule has 5 nitrogen and oxygen atoms in total. The molecular formula is C14H20BrN3O2. The highest BCUT2D eigenvalue weighted by Gasteiger charge is 2.09. The Kier molecular flexibility index (Phi) is 6.29. The van der Waals surface area contributed by atoms with Crippen LogP contribution in [0.1, 0.15) is 6.42 Å². The molecule has 0 aliphatic carbocycles. The molecule has 0 unspecified atom stereocenters. The fourth-order valence-corrected chi connectivity index (χ4v) is 2.44. The van der Waals surface area contributed by atoms with Gasteiger partial charge in [0.1, 0.15) is 0 Å². The summed E-state index contributed by atoms with van der Waals surface area (Å²) in [4.78, 5) is 14.1. The van der Waals surface area contributed by atoms with E-state index in [2.05, 4.69) is 31.5 Å². The van der Waals surface area contributed by atoms with Gasteiger partial charge < -0.3 is 15.4 Å². The standard InChI is InChI=1S/C14H20BrN3O2/c15-12-4-1-2-5-13(12)17-14(19)16-6-3-7-18-8-10-20-11-9-18/h1-2,4-5H,3,6-11H2,(H2,16,17,19). The van der Waals surface area contributed by atoms with Gasteiger partial charge in [0.2, 0.25) is 0 Å². The molecule has 2 rings (SSSR count). The van der Waals surface area contributed by atoms with Crippen molar-refractivity contribution in [3.63, 3.8) is 0 Å². The Labute approximate surface area is 127 Å². The minimum atomic E-state index is -0.168. The maximum atomic E-state index is 11.7. The number of benzene rings is 1. The van der Waals surface area contributed by atoms with E-state index in [4.69, 9.17) is 4.74 Å². The van der Waals surface area contributed by atoms with E-state index in [-0.39, 0.29) is 6.03 Å². The average molecular weight is 342 g/mol. The molecule has 1 saturated heterocycles. The van der Waals surface area contributed by atoms with Crippen LogP contribution >= 0.6 is 15.9 Å². The van der Waals surface area contributed by atoms with Gasteiger partial charge in [0, 0.05) is 24.1 Å². The predicted octanol–water partition coefficient (Wildman–Crippen LogP) is 2.29.